The number of rotatable bonds is 5. The van der Waals surface area contributed by atoms with Gasteiger partial charge in [-0.3, -0.25) is 0 Å². The lowest BCUT2D eigenvalue weighted by molar-refractivity contribution is 0.848. The van der Waals surface area contributed by atoms with E-state index in [1.165, 1.54) is 17.1 Å². The first-order valence-corrected chi connectivity index (χ1v) is 7.60. The van der Waals surface area contributed by atoms with Crippen LogP contribution in [0.1, 0.15) is 37.7 Å². The summed E-state index contributed by atoms with van der Waals surface area (Å²) in [5.41, 5.74) is 1.24. The summed E-state index contributed by atoms with van der Waals surface area (Å²) in [6, 6.07) is 8.55. The van der Waals surface area contributed by atoms with Gasteiger partial charge in [-0.1, -0.05) is 35.0 Å². The molecule has 2 rings (SSSR count). The molecule has 0 saturated carbocycles. The molecule has 0 saturated heterocycles. The van der Waals surface area contributed by atoms with Crippen LogP contribution in [-0.4, -0.2) is 9.36 Å². The number of aromatic nitrogens is 2. The number of hydrogen-bond acceptors (Lipinski definition) is 4. The topological polar surface area (TPSA) is 37.8 Å². The predicted molar refractivity (Wildman–Crippen MR) is 80.1 cm³/mol. The van der Waals surface area contributed by atoms with E-state index in [4.69, 9.17) is 0 Å². The monoisotopic (exact) mass is 325 g/mol. The lowest BCUT2D eigenvalue weighted by Gasteiger charge is -2.12. The lowest BCUT2D eigenvalue weighted by atomic mass is 10.1. The van der Waals surface area contributed by atoms with E-state index < -0.39 is 0 Å². The van der Waals surface area contributed by atoms with Crippen LogP contribution in [0.2, 0.25) is 0 Å². The Labute approximate surface area is 120 Å². The minimum Gasteiger partial charge on any atom is -0.354 e. The van der Waals surface area contributed by atoms with Crippen LogP contribution < -0.4 is 5.32 Å². The fourth-order valence-corrected chi connectivity index (χ4v) is 2.62. The van der Waals surface area contributed by atoms with Crippen LogP contribution in [0.25, 0.3) is 0 Å². The molecule has 1 unspecified atom stereocenters. The normalized spacial score (nSPS) is 12.4. The Bertz CT molecular complexity index is 495. The molecule has 0 radical (unpaired) electrons. The van der Waals surface area contributed by atoms with Crippen molar-refractivity contribution in [2.24, 2.45) is 0 Å². The summed E-state index contributed by atoms with van der Waals surface area (Å²) in [5, 5.41) is 4.28. The number of aryl methyl sites for hydroxylation is 1. The SMILES string of the molecule is CCCc1nsc(NC(C)c2ccc(Br)cc2)n1. The molecule has 0 aliphatic rings. The van der Waals surface area contributed by atoms with E-state index in [1.54, 1.807) is 0 Å². The molecule has 0 aliphatic heterocycles. The first-order chi connectivity index (χ1) is 8.69. The van der Waals surface area contributed by atoms with Crippen LogP contribution in [0, 0.1) is 0 Å². The first kappa shape index (κ1) is 13.5. The average Bonchev–Trinajstić information content (AvgIpc) is 2.78. The van der Waals surface area contributed by atoms with Crippen LogP contribution in [0.5, 0.6) is 0 Å². The third-order valence-corrected chi connectivity index (χ3v) is 3.86. The smallest absolute Gasteiger partial charge is 0.203 e. The van der Waals surface area contributed by atoms with Gasteiger partial charge in [-0.15, -0.1) is 0 Å². The van der Waals surface area contributed by atoms with Crippen molar-refractivity contribution in [1.29, 1.82) is 0 Å². The van der Waals surface area contributed by atoms with Gasteiger partial charge in [0, 0.05) is 22.4 Å². The highest BCUT2D eigenvalue weighted by molar-refractivity contribution is 9.10. The van der Waals surface area contributed by atoms with E-state index in [2.05, 4.69) is 68.7 Å². The zero-order valence-electron chi connectivity index (χ0n) is 10.5. The molecule has 0 amide bonds. The van der Waals surface area contributed by atoms with Crippen LogP contribution >= 0.6 is 27.5 Å². The van der Waals surface area contributed by atoms with Gasteiger partial charge in [0.2, 0.25) is 5.13 Å². The molecule has 0 aliphatic carbocycles. The Kier molecular flexibility index (Phi) is 4.72. The van der Waals surface area contributed by atoms with Gasteiger partial charge in [-0.2, -0.15) is 4.37 Å². The number of nitrogens with one attached hydrogen (secondary N) is 1. The highest BCUT2D eigenvalue weighted by Crippen LogP contribution is 2.22. The van der Waals surface area contributed by atoms with Crippen molar-refractivity contribution >= 4 is 32.6 Å². The fourth-order valence-electron chi connectivity index (χ4n) is 1.66. The Balaban J connectivity index is 2.01. The molecule has 1 aromatic heterocycles. The summed E-state index contributed by atoms with van der Waals surface area (Å²) in [6.07, 6.45) is 2.03. The Morgan fingerprint density at radius 2 is 2.06 bits per heavy atom. The summed E-state index contributed by atoms with van der Waals surface area (Å²) in [7, 11) is 0. The van der Waals surface area contributed by atoms with E-state index >= 15 is 0 Å². The molecule has 1 atom stereocenters. The van der Waals surface area contributed by atoms with Gasteiger partial charge in [-0.05, 0) is 31.0 Å². The molecule has 18 heavy (non-hydrogen) atoms. The Morgan fingerprint density at radius 3 is 2.72 bits per heavy atom. The molecule has 0 bridgehead atoms. The molecule has 0 fully saturated rings. The van der Waals surface area contributed by atoms with Gasteiger partial charge in [0.05, 0.1) is 6.04 Å². The molecular formula is C13H16BrN3S. The molecule has 5 heteroatoms. The molecule has 1 N–H and O–H groups in total. The maximum atomic E-state index is 4.47. The highest BCUT2D eigenvalue weighted by atomic mass is 79.9. The van der Waals surface area contributed by atoms with Gasteiger partial charge >= 0.3 is 0 Å². The Morgan fingerprint density at radius 1 is 1.33 bits per heavy atom. The lowest BCUT2D eigenvalue weighted by Crippen LogP contribution is -2.06. The minimum absolute atomic E-state index is 0.237. The fraction of sp³-hybridized carbons (Fsp3) is 0.385. The summed E-state index contributed by atoms with van der Waals surface area (Å²) < 4.78 is 5.42. The summed E-state index contributed by atoms with van der Waals surface area (Å²) >= 11 is 4.88. The third-order valence-electron chi connectivity index (χ3n) is 2.65. The summed E-state index contributed by atoms with van der Waals surface area (Å²) in [6.45, 7) is 4.27. The van der Waals surface area contributed by atoms with Crippen molar-refractivity contribution in [2.45, 2.75) is 32.7 Å². The minimum atomic E-state index is 0.237. The first-order valence-electron chi connectivity index (χ1n) is 6.03. The van der Waals surface area contributed by atoms with Crippen molar-refractivity contribution in [1.82, 2.24) is 9.36 Å². The van der Waals surface area contributed by atoms with Gasteiger partial charge in [-0.25, -0.2) is 4.98 Å². The zero-order valence-corrected chi connectivity index (χ0v) is 12.9. The van der Waals surface area contributed by atoms with Crippen molar-refractivity contribution < 1.29 is 0 Å². The average molecular weight is 326 g/mol. The van der Waals surface area contributed by atoms with Gasteiger partial charge in [0.25, 0.3) is 0 Å². The summed E-state index contributed by atoms with van der Waals surface area (Å²) in [4.78, 5) is 4.47. The molecule has 2 aromatic rings. The van der Waals surface area contributed by atoms with E-state index in [0.717, 1.165) is 28.3 Å². The molecule has 3 nitrogen and oxygen atoms in total. The van der Waals surface area contributed by atoms with Crippen LogP contribution in [0.15, 0.2) is 28.7 Å². The van der Waals surface area contributed by atoms with Crippen molar-refractivity contribution in [2.75, 3.05) is 5.32 Å². The maximum Gasteiger partial charge on any atom is 0.203 e. The molecule has 0 spiro atoms. The quantitative estimate of drug-likeness (QED) is 0.883. The zero-order chi connectivity index (χ0) is 13.0. The second kappa shape index (κ2) is 6.29. The number of benzene rings is 1. The van der Waals surface area contributed by atoms with Crippen LogP contribution in [0.4, 0.5) is 5.13 Å². The predicted octanol–water partition coefficient (Wildman–Crippen LogP) is 4.43. The Hall–Kier alpha value is -0.940. The largest absolute Gasteiger partial charge is 0.354 e. The maximum absolute atomic E-state index is 4.47. The van der Waals surface area contributed by atoms with Crippen molar-refractivity contribution in [3.8, 4) is 0 Å². The van der Waals surface area contributed by atoms with E-state index in [9.17, 15) is 0 Å². The van der Waals surface area contributed by atoms with Gasteiger partial charge < -0.3 is 5.32 Å². The highest BCUT2D eigenvalue weighted by Gasteiger charge is 2.08. The number of anilines is 1. The second-order valence-electron chi connectivity index (χ2n) is 4.18. The second-order valence-corrected chi connectivity index (χ2v) is 5.85. The third kappa shape index (κ3) is 3.53. The molecule has 1 aromatic carbocycles. The molecule has 96 valence electrons. The van der Waals surface area contributed by atoms with E-state index in [1.807, 2.05) is 0 Å². The van der Waals surface area contributed by atoms with Gasteiger partial charge in [0.1, 0.15) is 5.82 Å². The number of hydrogen-bond donors (Lipinski definition) is 1. The van der Waals surface area contributed by atoms with Crippen LogP contribution in [0.3, 0.4) is 0 Å². The van der Waals surface area contributed by atoms with Crippen LogP contribution in [-0.2, 0) is 6.42 Å². The standard InChI is InChI=1S/C13H16BrN3S/c1-3-4-12-16-13(18-17-12)15-9(2)10-5-7-11(14)8-6-10/h5-9H,3-4H2,1-2H3,(H,15,16,17). The number of nitrogens with zero attached hydrogens (tertiary/aromatic N) is 2. The van der Waals surface area contributed by atoms with Crippen molar-refractivity contribution in [3.63, 3.8) is 0 Å². The molecular weight excluding hydrogens is 310 g/mol. The van der Waals surface area contributed by atoms with Gasteiger partial charge in [0.15, 0.2) is 0 Å². The van der Waals surface area contributed by atoms with E-state index in [0.29, 0.717) is 0 Å². The van der Waals surface area contributed by atoms with Crippen molar-refractivity contribution in [3.05, 3.63) is 40.1 Å². The summed E-state index contributed by atoms with van der Waals surface area (Å²) in [5.74, 6) is 0.938. The van der Waals surface area contributed by atoms with E-state index in [-0.39, 0.29) is 6.04 Å². The number of halogens is 1. The molecule has 1 heterocycles.